The third-order valence-electron chi connectivity index (χ3n) is 2.53. The molecule has 0 saturated carbocycles. The maximum absolute atomic E-state index is 11.6. The van der Waals surface area contributed by atoms with Gasteiger partial charge in [-0.15, -0.1) is 0 Å². The highest BCUT2D eigenvalue weighted by atomic mass is 16.4. The average Bonchev–Trinajstić information content (AvgIpc) is 2.71. The van der Waals surface area contributed by atoms with Gasteiger partial charge in [-0.05, 0) is 30.7 Å². The third kappa shape index (κ3) is 2.13. The fourth-order valence-electron chi connectivity index (χ4n) is 1.57. The second kappa shape index (κ2) is 4.29. The summed E-state index contributed by atoms with van der Waals surface area (Å²) >= 11 is 0. The predicted molar refractivity (Wildman–Crippen MR) is 62.7 cm³/mol. The normalized spacial score (nSPS) is 10.4. The second-order valence-corrected chi connectivity index (χ2v) is 3.66. The van der Waals surface area contributed by atoms with Gasteiger partial charge in [0.15, 0.2) is 0 Å². The van der Waals surface area contributed by atoms with Crippen molar-refractivity contribution < 1.29 is 9.90 Å². The first kappa shape index (κ1) is 11.2. The van der Waals surface area contributed by atoms with Crippen LogP contribution in [-0.4, -0.2) is 20.9 Å². The first-order chi connectivity index (χ1) is 8.11. The molecular formula is C12H12N2O3. The number of nitrogens with zero attached hydrogens (tertiary/aromatic N) is 1. The van der Waals surface area contributed by atoms with E-state index in [2.05, 4.69) is 5.10 Å². The summed E-state index contributed by atoms with van der Waals surface area (Å²) in [5, 5.41) is 11.7. The number of H-pyrrole nitrogens is 1. The van der Waals surface area contributed by atoms with Crippen LogP contribution in [0.2, 0.25) is 0 Å². The van der Waals surface area contributed by atoms with Gasteiger partial charge in [0.25, 0.3) is 5.56 Å². The molecule has 0 radical (unpaired) electrons. The Morgan fingerprint density at radius 2 is 2.00 bits per heavy atom. The van der Waals surface area contributed by atoms with Crippen LogP contribution in [-0.2, 0) is 6.42 Å². The lowest BCUT2D eigenvalue weighted by Gasteiger charge is -2.02. The van der Waals surface area contributed by atoms with E-state index in [-0.39, 0.29) is 11.1 Å². The molecule has 0 spiro atoms. The Kier molecular flexibility index (Phi) is 2.82. The number of aromatic nitrogens is 2. The molecule has 1 aromatic heterocycles. The van der Waals surface area contributed by atoms with Crippen molar-refractivity contribution in [3.8, 4) is 5.69 Å². The van der Waals surface area contributed by atoms with Gasteiger partial charge >= 0.3 is 5.97 Å². The summed E-state index contributed by atoms with van der Waals surface area (Å²) in [6.07, 6.45) is 0.745. The average molecular weight is 232 g/mol. The van der Waals surface area contributed by atoms with Gasteiger partial charge in [0.05, 0.1) is 11.3 Å². The van der Waals surface area contributed by atoms with Crippen LogP contribution in [0.4, 0.5) is 0 Å². The highest BCUT2D eigenvalue weighted by Crippen LogP contribution is 2.07. The van der Waals surface area contributed by atoms with Crippen LogP contribution < -0.4 is 5.56 Å². The van der Waals surface area contributed by atoms with E-state index in [0.717, 1.165) is 12.1 Å². The Labute approximate surface area is 97.3 Å². The summed E-state index contributed by atoms with van der Waals surface area (Å²) in [5.74, 6) is -0.982. The van der Waals surface area contributed by atoms with Gasteiger partial charge in [0.2, 0.25) is 0 Å². The number of aryl methyl sites for hydroxylation is 1. The number of benzene rings is 1. The highest BCUT2D eigenvalue weighted by molar-refractivity contribution is 5.87. The molecule has 2 rings (SSSR count). The van der Waals surface area contributed by atoms with E-state index in [4.69, 9.17) is 5.11 Å². The molecule has 5 heteroatoms. The van der Waals surface area contributed by atoms with Gasteiger partial charge in [-0.2, -0.15) is 0 Å². The maximum Gasteiger partial charge on any atom is 0.335 e. The van der Waals surface area contributed by atoms with E-state index < -0.39 is 5.97 Å². The number of hydrogen-bond donors (Lipinski definition) is 2. The minimum atomic E-state index is -0.982. The van der Waals surface area contributed by atoms with Gasteiger partial charge in [0, 0.05) is 11.8 Å². The lowest BCUT2D eigenvalue weighted by molar-refractivity contribution is 0.0697. The molecule has 2 N–H and O–H groups in total. The van der Waals surface area contributed by atoms with Crippen molar-refractivity contribution in [2.75, 3.05) is 0 Å². The Morgan fingerprint density at radius 1 is 1.35 bits per heavy atom. The lowest BCUT2D eigenvalue weighted by atomic mass is 10.2. The summed E-state index contributed by atoms with van der Waals surface area (Å²) in [7, 11) is 0. The van der Waals surface area contributed by atoms with E-state index in [1.54, 1.807) is 12.1 Å². The first-order valence-corrected chi connectivity index (χ1v) is 5.26. The molecule has 0 atom stereocenters. The van der Waals surface area contributed by atoms with Crippen LogP contribution in [0, 0.1) is 0 Å². The summed E-state index contributed by atoms with van der Waals surface area (Å²) < 4.78 is 1.39. The zero-order valence-corrected chi connectivity index (χ0v) is 9.30. The summed E-state index contributed by atoms with van der Waals surface area (Å²) in [4.78, 5) is 22.3. The molecule has 0 unspecified atom stereocenters. The van der Waals surface area contributed by atoms with E-state index >= 15 is 0 Å². The molecule has 0 saturated heterocycles. The van der Waals surface area contributed by atoms with Crippen molar-refractivity contribution in [3.05, 3.63) is 51.9 Å². The molecular weight excluding hydrogens is 220 g/mol. The Bertz CT molecular complexity index is 593. The molecule has 1 aromatic carbocycles. The smallest absolute Gasteiger partial charge is 0.335 e. The van der Waals surface area contributed by atoms with Gasteiger partial charge < -0.3 is 5.11 Å². The Hall–Kier alpha value is -2.30. The molecule has 88 valence electrons. The van der Waals surface area contributed by atoms with E-state index in [9.17, 15) is 9.59 Å². The summed E-state index contributed by atoms with van der Waals surface area (Å²) in [6.45, 7) is 1.95. The molecule has 0 aliphatic rings. The number of carboxylic acid groups (broad SMARTS) is 1. The first-order valence-electron chi connectivity index (χ1n) is 5.26. The molecule has 1 heterocycles. The molecule has 0 bridgehead atoms. The number of rotatable bonds is 3. The summed E-state index contributed by atoms with van der Waals surface area (Å²) in [6, 6.07) is 7.67. The Morgan fingerprint density at radius 3 is 2.47 bits per heavy atom. The van der Waals surface area contributed by atoms with Gasteiger partial charge in [0.1, 0.15) is 0 Å². The van der Waals surface area contributed by atoms with Crippen molar-refractivity contribution in [2.24, 2.45) is 0 Å². The van der Waals surface area contributed by atoms with Crippen LogP contribution in [0.25, 0.3) is 5.69 Å². The van der Waals surface area contributed by atoms with Crippen LogP contribution in [0.15, 0.2) is 35.1 Å². The second-order valence-electron chi connectivity index (χ2n) is 3.66. The third-order valence-corrected chi connectivity index (χ3v) is 2.53. The number of carbonyl (C=O) groups is 1. The topological polar surface area (TPSA) is 75.1 Å². The fraction of sp³-hybridized carbons (Fsp3) is 0.167. The van der Waals surface area contributed by atoms with Gasteiger partial charge in [-0.25, -0.2) is 9.48 Å². The number of carboxylic acids is 1. The van der Waals surface area contributed by atoms with Crippen molar-refractivity contribution in [1.82, 2.24) is 9.78 Å². The molecule has 17 heavy (non-hydrogen) atoms. The van der Waals surface area contributed by atoms with Crippen molar-refractivity contribution in [2.45, 2.75) is 13.3 Å². The van der Waals surface area contributed by atoms with Gasteiger partial charge in [-0.1, -0.05) is 6.92 Å². The fourth-order valence-corrected chi connectivity index (χ4v) is 1.57. The molecule has 0 aliphatic carbocycles. The molecule has 0 fully saturated rings. The minimum Gasteiger partial charge on any atom is -0.478 e. The van der Waals surface area contributed by atoms with Gasteiger partial charge in [-0.3, -0.25) is 9.89 Å². The monoisotopic (exact) mass is 232 g/mol. The quantitative estimate of drug-likeness (QED) is 0.840. The van der Waals surface area contributed by atoms with E-state index in [1.165, 1.54) is 22.9 Å². The van der Waals surface area contributed by atoms with Crippen LogP contribution >= 0.6 is 0 Å². The van der Waals surface area contributed by atoms with E-state index in [0.29, 0.717) is 5.69 Å². The van der Waals surface area contributed by atoms with Crippen LogP contribution in [0.5, 0.6) is 0 Å². The molecule has 0 amide bonds. The minimum absolute atomic E-state index is 0.148. The number of aromatic carboxylic acids is 1. The highest BCUT2D eigenvalue weighted by Gasteiger charge is 2.06. The maximum atomic E-state index is 11.6. The van der Waals surface area contributed by atoms with Crippen molar-refractivity contribution >= 4 is 5.97 Å². The van der Waals surface area contributed by atoms with Crippen molar-refractivity contribution in [3.63, 3.8) is 0 Å². The van der Waals surface area contributed by atoms with E-state index in [1.807, 2.05) is 6.92 Å². The zero-order chi connectivity index (χ0) is 12.4. The largest absolute Gasteiger partial charge is 0.478 e. The van der Waals surface area contributed by atoms with Crippen LogP contribution in [0.3, 0.4) is 0 Å². The molecule has 5 nitrogen and oxygen atoms in total. The van der Waals surface area contributed by atoms with Crippen LogP contribution in [0.1, 0.15) is 23.0 Å². The predicted octanol–water partition coefficient (Wildman–Crippen LogP) is 1.43. The number of aromatic amines is 1. The number of nitrogens with one attached hydrogen (secondary N) is 1. The Balaban J connectivity index is 2.42. The van der Waals surface area contributed by atoms with Crippen molar-refractivity contribution in [1.29, 1.82) is 0 Å². The molecule has 2 aromatic rings. The summed E-state index contributed by atoms with van der Waals surface area (Å²) in [5.41, 5.74) is 1.52. The number of hydrogen-bond acceptors (Lipinski definition) is 2. The molecule has 0 aliphatic heterocycles. The standard InChI is InChI=1S/C12H12N2O3/c1-2-9-7-11(15)14(13-9)10-5-3-8(4-6-10)12(16)17/h3-7,13H,2H2,1H3,(H,16,17). The zero-order valence-electron chi connectivity index (χ0n) is 9.30. The lowest BCUT2D eigenvalue weighted by Crippen LogP contribution is -2.13. The SMILES string of the molecule is CCc1cc(=O)n(-c2ccc(C(=O)O)cc2)[nH]1.